The molecule has 0 fully saturated rings. The molecule has 0 saturated carbocycles. The number of rotatable bonds is 6. The molecule has 0 rings (SSSR count). The molecule has 0 aromatic carbocycles. The highest BCUT2D eigenvalue weighted by molar-refractivity contribution is 5.82. The van der Waals surface area contributed by atoms with Crippen molar-refractivity contribution in [1.29, 1.82) is 0 Å². The summed E-state index contributed by atoms with van der Waals surface area (Å²) in [5.74, 6) is 0.000880. The molecule has 0 spiro atoms. The van der Waals surface area contributed by atoms with Gasteiger partial charge in [0.25, 0.3) is 0 Å². The number of hydrogen-bond acceptors (Lipinski definition) is 2. The second-order valence-corrected chi connectivity index (χ2v) is 2.87. The average molecular weight is 158 g/mol. The van der Waals surface area contributed by atoms with Crippen LogP contribution in [0.3, 0.4) is 0 Å². The van der Waals surface area contributed by atoms with Crippen LogP contribution in [0.15, 0.2) is 0 Å². The van der Waals surface area contributed by atoms with E-state index in [1.807, 2.05) is 6.92 Å². The summed E-state index contributed by atoms with van der Waals surface area (Å²) in [5, 5.41) is 9.23. The summed E-state index contributed by atoms with van der Waals surface area (Å²) in [5.41, 5.74) is 0. The van der Waals surface area contributed by atoms with E-state index < -0.39 is 6.10 Å². The summed E-state index contributed by atoms with van der Waals surface area (Å²) in [6.07, 6.45) is 3.27. The van der Waals surface area contributed by atoms with E-state index in [2.05, 4.69) is 6.92 Å². The van der Waals surface area contributed by atoms with Gasteiger partial charge in [0, 0.05) is 6.42 Å². The number of carbonyl (C=O) groups is 1. The fourth-order valence-electron chi connectivity index (χ4n) is 0.971. The minimum atomic E-state index is -0.699. The second kappa shape index (κ2) is 6.35. The lowest BCUT2D eigenvalue weighted by atomic mass is 10.1. The molecule has 0 aromatic heterocycles. The first-order valence-electron chi connectivity index (χ1n) is 4.43. The molecule has 11 heavy (non-hydrogen) atoms. The number of Topliss-reactive ketones (excluding diaryl/α,β-unsaturated/α-hetero) is 1. The maximum absolute atomic E-state index is 11.0. The van der Waals surface area contributed by atoms with Crippen molar-refractivity contribution in [3.8, 4) is 0 Å². The number of hydrogen-bond donors (Lipinski definition) is 1. The van der Waals surface area contributed by atoms with E-state index in [1.54, 1.807) is 0 Å². The molecule has 1 unspecified atom stereocenters. The van der Waals surface area contributed by atoms with E-state index >= 15 is 0 Å². The van der Waals surface area contributed by atoms with Gasteiger partial charge in [0.1, 0.15) is 6.10 Å². The van der Waals surface area contributed by atoms with Crippen LogP contribution in [0.4, 0.5) is 0 Å². The highest BCUT2D eigenvalue weighted by Gasteiger charge is 2.11. The average Bonchev–Trinajstić information content (AvgIpc) is 2.00. The van der Waals surface area contributed by atoms with Crippen molar-refractivity contribution in [1.82, 2.24) is 0 Å². The molecule has 66 valence electrons. The fourth-order valence-corrected chi connectivity index (χ4v) is 0.971. The molecule has 0 aromatic rings. The quantitative estimate of drug-likeness (QED) is 0.641. The Balaban J connectivity index is 3.46. The first-order chi connectivity index (χ1) is 5.22. The van der Waals surface area contributed by atoms with Crippen LogP contribution < -0.4 is 0 Å². The van der Waals surface area contributed by atoms with E-state index in [-0.39, 0.29) is 5.78 Å². The van der Waals surface area contributed by atoms with Crippen LogP contribution in [0.5, 0.6) is 0 Å². The van der Waals surface area contributed by atoms with E-state index in [0.29, 0.717) is 12.8 Å². The predicted octanol–water partition coefficient (Wildman–Crippen LogP) is 1.91. The Kier molecular flexibility index (Phi) is 6.13. The smallest absolute Gasteiger partial charge is 0.161 e. The van der Waals surface area contributed by atoms with Crippen molar-refractivity contribution < 1.29 is 9.90 Å². The van der Waals surface area contributed by atoms with E-state index in [9.17, 15) is 9.90 Å². The Morgan fingerprint density at radius 3 is 2.45 bits per heavy atom. The van der Waals surface area contributed by atoms with Crippen molar-refractivity contribution in [2.45, 2.75) is 52.1 Å². The van der Waals surface area contributed by atoms with Gasteiger partial charge < -0.3 is 5.11 Å². The van der Waals surface area contributed by atoms with Gasteiger partial charge >= 0.3 is 0 Å². The molecule has 0 saturated heterocycles. The van der Waals surface area contributed by atoms with Crippen LogP contribution in [0.1, 0.15) is 46.0 Å². The molecule has 0 amide bonds. The van der Waals surface area contributed by atoms with Crippen LogP contribution >= 0.6 is 0 Å². The lowest BCUT2D eigenvalue weighted by Crippen LogP contribution is -2.19. The maximum Gasteiger partial charge on any atom is 0.161 e. The van der Waals surface area contributed by atoms with Gasteiger partial charge in [0.05, 0.1) is 0 Å². The van der Waals surface area contributed by atoms with Gasteiger partial charge in [-0.3, -0.25) is 4.79 Å². The van der Waals surface area contributed by atoms with Gasteiger partial charge in [0.15, 0.2) is 5.78 Å². The highest BCUT2D eigenvalue weighted by atomic mass is 16.3. The van der Waals surface area contributed by atoms with Crippen LogP contribution in [0.2, 0.25) is 0 Å². The number of aliphatic hydroxyl groups excluding tert-OH is 1. The fraction of sp³-hybridized carbons (Fsp3) is 0.889. The number of carbonyl (C=O) groups excluding carboxylic acids is 1. The molecule has 1 atom stereocenters. The van der Waals surface area contributed by atoms with E-state index in [1.165, 1.54) is 0 Å². The van der Waals surface area contributed by atoms with Gasteiger partial charge in [-0.05, 0) is 12.8 Å². The van der Waals surface area contributed by atoms with Crippen molar-refractivity contribution in [3.63, 3.8) is 0 Å². The first kappa shape index (κ1) is 10.6. The van der Waals surface area contributed by atoms with Gasteiger partial charge in [-0.1, -0.05) is 26.7 Å². The van der Waals surface area contributed by atoms with Gasteiger partial charge in [-0.2, -0.15) is 0 Å². The molecule has 0 aliphatic rings. The van der Waals surface area contributed by atoms with Crippen LogP contribution in [-0.4, -0.2) is 17.0 Å². The molecule has 0 bridgehead atoms. The molecule has 0 heterocycles. The van der Waals surface area contributed by atoms with Gasteiger partial charge in [-0.15, -0.1) is 0 Å². The Hall–Kier alpha value is -0.370. The lowest BCUT2D eigenvalue weighted by molar-refractivity contribution is -0.127. The zero-order valence-electron chi connectivity index (χ0n) is 7.47. The SMILES string of the molecule is CCCCC(O)C(=O)CCC. The lowest BCUT2D eigenvalue weighted by Gasteiger charge is -2.06. The summed E-state index contributed by atoms with van der Waals surface area (Å²) in [4.78, 5) is 11.0. The Bertz CT molecular complexity index is 110. The van der Waals surface area contributed by atoms with Crippen LogP contribution in [-0.2, 0) is 4.79 Å². The van der Waals surface area contributed by atoms with Crippen molar-refractivity contribution in [3.05, 3.63) is 0 Å². The summed E-state index contributed by atoms with van der Waals surface area (Å²) in [7, 11) is 0. The topological polar surface area (TPSA) is 37.3 Å². The molecular weight excluding hydrogens is 140 g/mol. The molecule has 0 radical (unpaired) electrons. The zero-order chi connectivity index (χ0) is 8.69. The summed E-state index contributed by atoms with van der Waals surface area (Å²) in [6, 6.07) is 0. The molecule has 2 heteroatoms. The second-order valence-electron chi connectivity index (χ2n) is 2.87. The van der Waals surface area contributed by atoms with E-state index in [0.717, 1.165) is 19.3 Å². The summed E-state index contributed by atoms with van der Waals surface area (Å²) < 4.78 is 0. The molecule has 1 N–H and O–H groups in total. The monoisotopic (exact) mass is 158 g/mol. The summed E-state index contributed by atoms with van der Waals surface area (Å²) in [6.45, 7) is 4.00. The van der Waals surface area contributed by atoms with Crippen LogP contribution in [0, 0.1) is 0 Å². The third-order valence-electron chi connectivity index (χ3n) is 1.70. The zero-order valence-corrected chi connectivity index (χ0v) is 7.47. The minimum absolute atomic E-state index is 0.000880. The van der Waals surface area contributed by atoms with E-state index in [4.69, 9.17) is 0 Å². The Labute approximate surface area is 68.6 Å². The van der Waals surface area contributed by atoms with Gasteiger partial charge in [0.2, 0.25) is 0 Å². The Morgan fingerprint density at radius 1 is 1.36 bits per heavy atom. The molecular formula is C9H18O2. The standard InChI is InChI=1S/C9H18O2/c1-3-5-7-9(11)8(10)6-4-2/h9,11H,3-7H2,1-2H3. The third-order valence-corrected chi connectivity index (χ3v) is 1.70. The van der Waals surface area contributed by atoms with Crippen molar-refractivity contribution in [2.24, 2.45) is 0 Å². The Morgan fingerprint density at radius 2 is 2.00 bits per heavy atom. The highest BCUT2D eigenvalue weighted by Crippen LogP contribution is 2.04. The van der Waals surface area contributed by atoms with Crippen LogP contribution in [0.25, 0.3) is 0 Å². The maximum atomic E-state index is 11.0. The number of aliphatic hydroxyl groups is 1. The molecule has 2 nitrogen and oxygen atoms in total. The molecule has 0 aliphatic carbocycles. The largest absolute Gasteiger partial charge is 0.385 e. The normalized spacial score (nSPS) is 13.0. The third kappa shape index (κ3) is 4.96. The summed E-state index contributed by atoms with van der Waals surface area (Å²) >= 11 is 0. The van der Waals surface area contributed by atoms with Gasteiger partial charge in [-0.25, -0.2) is 0 Å². The molecule has 0 aliphatic heterocycles. The number of ketones is 1. The van der Waals surface area contributed by atoms with Crippen molar-refractivity contribution in [2.75, 3.05) is 0 Å². The number of unbranched alkanes of at least 4 members (excludes halogenated alkanes) is 1. The minimum Gasteiger partial charge on any atom is -0.385 e. The van der Waals surface area contributed by atoms with Crippen molar-refractivity contribution >= 4 is 5.78 Å². The predicted molar refractivity (Wildman–Crippen MR) is 45.4 cm³/mol. The first-order valence-corrected chi connectivity index (χ1v) is 4.43.